The molecule has 0 bridgehead atoms. The van der Waals surface area contributed by atoms with Gasteiger partial charge in [-0.05, 0) is 45.9 Å². The highest BCUT2D eigenvalue weighted by Gasteiger charge is 2.21. The molecule has 1 aromatic heterocycles. The number of aromatic nitrogens is 1. The van der Waals surface area contributed by atoms with Crippen LogP contribution < -0.4 is 5.32 Å². The van der Waals surface area contributed by atoms with E-state index in [2.05, 4.69) is 10.3 Å². The number of nitrogens with zero attached hydrogens (tertiary/aromatic N) is 1. The molecule has 0 aliphatic rings. The highest BCUT2D eigenvalue weighted by molar-refractivity contribution is 5.99. The molecule has 106 valence electrons. The lowest BCUT2D eigenvalue weighted by Gasteiger charge is -2.23. The average molecular weight is 272 g/mol. The van der Waals surface area contributed by atoms with Crippen LogP contribution in [-0.4, -0.2) is 28.1 Å². The lowest BCUT2D eigenvalue weighted by atomic mass is 10.0. The van der Waals surface area contributed by atoms with E-state index in [4.69, 9.17) is 0 Å². The van der Waals surface area contributed by atoms with Crippen LogP contribution in [0.25, 0.3) is 10.9 Å². The number of aliphatic hydroxyl groups is 1. The van der Waals surface area contributed by atoms with Gasteiger partial charge in [0.2, 0.25) is 0 Å². The zero-order valence-electron chi connectivity index (χ0n) is 12.3. The standard InChI is InChI=1S/C16H20N2O2/c1-10-5-6-14-12(7-10)8-13(11(2)17-14)15(20)18-16(3,4)9-19/h5-8,19H,9H2,1-4H3,(H,18,20). The fourth-order valence-electron chi connectivity index (χ4n) is 2.04. The molecule has 0 aliphatic carbocycles. The molecule has 4 heteroatoms. The highest BCUT2D eigenvalue weighted by Crippen LogP contribution is 2.18. The fraction of sp³-hybridized carbons (Fsp3) is 0.375. The van der Waals surface area contributed by atoms with Crippen molar-refractivity contribution in [2.45, 2.75) is 33.2 Å². The summed E-state index contributed by atoms with van der Waals surface area (Å²) in [6, 6.07) is 7.82. The van der Waals surface area contributed by atoms with Gasteiger partial charge >= 0.3 is 0 Å². The summed E-state index contributed by atoms with van der Waals surface area (Å²) in [6.45, 7) is 7.27. The molecule has 0 unspecified atom stereocenters. The average Bonchev–Trinajstić information content (AvgIpc) is 2.38. The van der Waals surface area contributed by atoms with Crippen LogP contribution in [0.5, 0.6) is 0 Å². The number of fused-ring (bicyclic) bond motifs is 1. The predicted octanol–water partition coefficient (Wildman–Crippen LogP) is 2.35. The molecule has 0 spiro atoms. The Kier molecular flexibility index (Phi) is 3.77. The summed E-state index contributed by atoms with van der Waals surface area (Å²) in [7, 11) is 0. The Hall–Kier alpha value is -1.94. The number of aliphatic hydroxyl groups excluding tert-OH is 1. The van der Waals surface area contributed by atoms with Crippen LogP contribution in [-0.2, 0) is 0 Å². The van der Waals surface area contributed by atoms with Gasteiger partial charge in [-0.25, -0.2) is 0 Å². The molecule has 4 nitrogen and oxygen atoms in total. The van der Waals surface area contributed by atoms with Crippen molar-refractivity contribution in [1.82, 2.24) is 10.3 Å². The van der Waals surface area contributed by atoms with E-state index in [9.17, 15) is 9.90 Å². The molecule has 1 heterocycles. The third-order valence-corrected chi connectivity index (χ3v) is 3.25. The summed E-state index contributed by atoms with van der Waals surface area (Å²) in [4.78, 5) is 16.8. The SMILES string of the molecule is Cc1ccc2nc(C)c(C(=O)NC(C)(C)CO)cc2c1. The summed E-state index contributed by atoms with van der Waals surface area (Å²) < 4.78 is 0. The highest BCUT2D eigenvalue weighted by atomic mass is 16.3. The van der Waals surface area contributed by atoms with Crippen LogP contribution in [0.15, 0.2) is 24.3 Å². The van der Waals surface area contributed by atoms with Crippen molar-refractivity contribution in [1.29, 1.82) is 0 Å². The van der Waals surface area contributed by atoms with Crippen LogP contribution in [0.1, 0.15) is 35.5 Å². The minimum Gasteiger partial charge on any atom is -0.394 e. The van der Waals surface area contributed by atoms with E-state index in [1.807, 2.05) is 38.1 Å². The van der Waals surface area contributed by atoms with Gasteiger partial charge in [-0.2, -0.15) is 0 Å². The molecular formula is C16H20N2O2. The Bertz CT molecular complexity index is 663. The van der Waals surface area contributed by atoms with Gasteiger partial charge in [0.1, 0.15) is 0 Å². The van der Waals surface area contributed by atoms with Gasteiger partial charge in [0, 0.05) is 5.39 Å². The Balaban J connectivity index is 2.43. The van der Waals surface area contributed by atoms with E-state index >= 15 is 0 Å². The molecule has 1 amide bonds. The number of hydrogen-bond acceptors (Lipinski definition) is 3. The maximum Gasteiger partial charge on any atom is 0.253 e. The van der Waals surface area contributed by atoms with Gasteiger partial charge in [0.05, 0.1) is 28.9 Å². The molecular weight excluding hydrogens is 252 g/mol. The maximum absolute atomic E-state index is 12.3. The van der Waals surface area contributed by atoms with E-state index < -0.39 is 5.54 Å². The van der Waals surface area contributed by atoms with Gasteiger partial charge in [0.25, 0.3) is 5.91 Å². The lowest BCUT2D eigenvalue weighted by molar-refractivity contribution is 0.0868. The van der Waals surface area contributed by atoms with Crippen molar-refractivity contribution in [3.8, 4) is 0 Å². The minimum atomic E-state index is -0.648. The zero-order chi connectivity index (χ0) is 14.9. The monoisotopic (exact) mass is 272 g/mol. The second-order valence-corrected chi connectivity index (χ2v) is 5.81. The number of rotatable bonds is 3. The summed E-state index contributed by atoms with van der Waals surface area (Å²) in [5, 5.41) is 13.0. The first-order chi connectivity index (χ1) is 9.32. The second kappa shape index (κ2) is 5.21. The first-order valence-corrected chi connectivity index (χ1v) is 6.64. The molecule has 0 saturated carbocycles. The first-order valence-electron chi connectivity index (χ1n) is 6.64. The van der Waals surface area contributed by atoms with Gasteiger partial charge in [0.15, 0.2) is 0 Å². The van der Waals surface area contributed by atoms with E-state index in [1.54, 1.807) is 13.8 Å². The predicted molar refractivity (Wildman–Crippen MR) is 79.8 cm³/mol. The van der Waals surface area contributed by atoms with Crippen molar-refractivity contribution in [2.24, 2.45) is 0 Å². The Morgan fingerprint density at radius 3 is 2.65 bits per heavy atom. The number of carbonyl (C=O) groups is 1. The summed E-state index contributed by atoms with van der Waals surface area (Å²) >= 11 is 0. The molecule has 0 atom stereocenters. The minimum absolute atomic E-state index is 0.113. The van der Waals surface area contributed by atoms with E-state index in [-0.39, 0.29) is 12.5 Å². The number of aryl methyl sites for hydroxylation is 2. The fourth-order valence-corrected chi connectivity index (χ4v) is 2.04. The van der Waals surface area contributed by atoms with Crippen LogP contribution in [0, 0.1) is 13.8 Å². The van der Waals surface area contributed by atoms with Gasteiger partial charge in [-0.3, -0.25) is 9.78 Å². The Morgan fingerprint density at radius 1 is 1.30 bits per heavy atom. The molecule has 1 aromatic carbocycles. The Morgan fingerprint density at radius 2 is 2.00 bits per heavy atom. The van der Waals surface area contributed by atoms with Crippen molar-refractivity contribution < 1.29 is 9.90 Å². The topological polar surface area (TPSA) is 62.2 Å². The number of nitrogens with one attached hydrogen (secondary N) is 1. The van der Waals surface area contributed by atoms with Crippen molar-refractivity contribution in [3.63, 3.8) is 0 Å². The number of carbonyl (C=O) groups excluding carboxylic acids is 1. The third kappa shape index (κ3) is 2.96. The normalized spacial score (nSPS) is 11.7. The molecule has 20 heavy (non-hydrogen) atoms. The molecule has 0 saturated heterocycles. The van der Waals surface area contributed by atoms with Gasteiger partial charge in [-0.15, -0.1) is 0 Å². The quantitative estimate of drug-likeness (QED) is 0.901. The van der Waals surface area contributed by atoms with Crippen molar-refractivity contribution in [2.75, 3.05) is 6.61 Å². The number of amides is 1. The summed E-state index contributed by atoms with van der Waals surface area (Å²) in [5.41, 5.74) is 2.60. The lowest BCUT2D eigenvalue weighted by Crippen LogP contribution is -2.46. The first kappa shape index (κ1) is 14.5. The Labute approximate surface area is 118 Å². The van der Waals surface area contributed by atoms with Crippen molar-refractivity contribution in [3.05, 3.63) is 41.1 Å². The number of pyridine rings is 1. The summed E-state index contributed by atoms with van der Waals surface area (Å²) in [6.07, 6.45) is 0. The molecule has 0 fully saturated rings. The van der Waals surface area contributed by atoms with Gasteiger partial charge in [-0.1, -0.05) is 11.6 Å². The van der Waals surface area contributed by atoms with Crippen molar-refractivity contribution >= 4 is 16.8 Å². The van der Waals surface area contributed by atoms with Crippen LogP contribution in [0.4, 0.5) is 0 Å². The molecule has 0 radical (unpaired) electrons. The maximum atomic E-state index is 12.3. The third-order valence-electron chi connectivity index (χ3n) is 3.25. The van der Waals surface area contributed by atoms with E-state index in [0.29, 0.717) is 11.3 Å². The number of benzene rings is 1. The second-order valence-electron chi connectivity index (χ2n) is 5.81. The molecule has 0 aliphatic heterocycles. The largest absolute Gasteiger partial charge is 0.394 e. The van der Waals surface area contributed by atoms with Crippen LogP contribution >= 0.6 is 0 Å². The molecule has 2 aromatic rings. The zero-order valence-corrected chi connectivity index (χ0v) is 12.3. The van der Waals surface area contributed by atoms with E-state index in [0.717, 1.165) is 16.5 Å². The molecule has 2 rings (SSSR count). The van der Waals surface area contributed by atoms with E-state index in [1.165, 1.54) is 0 Å². The smallest absolute Gasteiger partial charge is 0.253 e. The van der Waals surface area contributed by atoms with Crippen LogP contribution in [0.3, 0.4) is 0 Å². The van der Waals surface area contributed by atoms with Crippen LogP contribution in [0.2, 0.25) is 0 Å². The summed E-state index contributed by atoms with van der Waals surface area (Å²) in [5.74, 6) is -0.211. The molecule has 2 N–H and O–H groups in total. The number of hydrogen-bond donors (Lipinski definition) is 2. The van der Waals surface area contributed by atoms with Gasteiger partial charge < -0.3 is 10.4 Å².